The van der Waals surface area contributed by atoms with E-state index >= 15 is 0 Å². The molecule has 0 aliphatic rings. The fourth-order valence-electron chi connectivity index (χ4n) is 3.09. The van der Waals surface area contributed by atoms with Gasteiger partial charge in [0.25, 0.3) is 0 Å². The number of carbonyl (C=O) groups is 1. The summed E-state index contributed by atoms with van der Waals surface area (Å²) in [5.41, 5.74) is 1.46. The first-order chi connectivity index (χ1) is 15.5. The van der Waals surface area contributed by atoms with Crippen molar-refractivity contribution in [3.8, 4) is 11.4 Å². The Bertz CT molecular complexity index is 1220. The largest absolute Gasteiger partial charge is 0.480 e. The Labute approximate surface area is 197 Å². The van der Waals surface area contributed by atoms with Gasteiger partial charge >= 0.3 is 0 Å². The summed E-state index contributed by atoms with van der Waals surface area (Å²) < 4.78 is 22.7. The Morgan fingerprint density at radius 3 is 2.44 bits per heavy atom. The number of hydrogen-bond donors (Lipinski definition) is 0. The van der Waals surface area contributed by atoms with Crippen LogP contribution in [-0.4, -0.2) is 26.3 Å². The number of Topliss-reactive ketones (excluding diaryl/α,β-unsaturated/α-hetero) is 1. The summed E-state index contributed by atoms with van der Waals surface area (Å²) in [6.07, 6.45) is -0.573. The molecule has 0 radical (unpaired) electrons. The standard InChI is InChI=1S/C24H19BrFN3O2S/c1-16(31-22-10-6-5-9-20(22)26)23-27-28-24(29(23)19-7-3-2-4-8-19)32-15-21(30)17-11-13-18(25)14-12-17/h2-14,16H,15H2,1H3. The van der Waals surface area contributed by atoms with Gasteiger partial charge in [-0.3, -0.25) is 9.36 Å². The summed E-state index contributed by atoms with van der Waals surface area (Å²) >= 11 is 4.67. The Kier molecular flexibility index (Phi) is 7.02. The lowest BCUT2D eigenvalue weighted by Gasteiger charge is -2.17. The third-order valence-corrected chi connectivity index (χ3v) is 6.13. The molecule has 0 fully saturated rings. The number of benzene rings is 3. The second-order valence-corrected chi connectivity index (χ2v) is 8.78. The SMILES string of the molecule is CC(Oc1ccccc1F)c1nnc(SCC(=O)c2ccc(Br)cc2)n1-c1ccccc1. The summed E-state index contributed by atoms with van der Waals surface area (Å²) in [5.74, 6) is 0.400. The maximum absolute atomic E-state index is 14.1. The van der Waals surface area contributed by atoms with E-state index < -0.39 is 11.9 Å². The highest BCUT2D eigenvalue weighted by Gasteiger charge is 2.22. The van der Waals surface area contributed by atoms with Crippen molar-refractivity contribution < 1.29 is 13.9 Å². The lowest BCUT2D eigenvalue weighted by molar-refractivity contribution is 0.102. The van der Waals surface area contributed by atoms with Gasteiger partial charge in [0, 0.05) is 15.7 Å². The molecule has 0 saturated heterocycles. The zero-order valence-corrected chi connectivity index (χ0v) is 19.5. The van der Waals surface area contributed by atoms with Crippen LogP contribution in [-0.2, 0) is 0 Å². The van der Waals surface area contributed by atoms with Crippen LogP contribution in [0.1, 0.15) is 29.2 Å². The predicted octanol–water partition coefficient (Wildman–Crippen LogP) is 6.28. The van der Waals surface area contributed by atoms with Crippen LogP contribution in [0.4, 0.5) is 4.39 Å². The fourth-order valence-corrected chi connectivity index (χ4v) is 4.21. The highest BCUT2D eigenvalue weighted by atomic mass is 79.9. The van der Waals surface area contributed by atoms with Gasteiger partial charge < -0.3 is 4.74 Å². The smallest absolute Gasteiger partial charge is 0.196 e. The molecule has 0 aliphatic heterocycles. The lowest BCUT2D eigenvalue weighted by Crippen LogP contribution is -2.12. The first-order valence-corrected chi connectivity index (χ1v) is 11.6. The molecule has 1 atom stereocenters. The summed E-state index contributed by atoms with van der Waals surface area (Å²) in [6.45, 7) is 1.79. The van der Waals surface area contributed by atoms with E-state index in [0.29, 0.717) is 16.5 Å². The van der Waals surface area contributed by atoms with E-state index in [9.17, 15) is 9.18 Å². The second-order valence-electron chi connectivity index (χ2n) is 6.92. The van der Waals surface area contributed by atoms with E-state index in [4.69, 9.17) is 4.74 Å². The number of ether oxygens (including phenoxy) is 1. The normalized spacial score (nSPS) is 11.8. The van der Waals surface area contributed by atoms with Crippen molar-refractivity contribution in [2.45, 2.75) is 18.2 Å². The zero-order chi connectivity index (χ0) is 22.5. The molecule has 0 aliphatic carbocycles. The lowest BCUT2D eigenvalue weighted by atomic mass is 10.2. The van der Waals surface area contributed by atoms with Crippen molar-refractivity contribution in [3.63, 3.8) is 0 Å². The molecule has 1 unspecified atom stereocenters. The van der Waals surface area contributed by atoms with Crippen molar-refractivity contribution >= 4 is 33.5 Å². The minimum atomic E-state index is -0.573. The van der Waals surface area contributed by atoms with Crippen LogP contribution in [0.15, 0.2) is 88.5 Å². The molecule has 8 heteroatoms. The van der Waals surface area contributed by atoms with Gasteiger partial charge in [-0.25, -0.2) is 4.39 Å². The molecule has 0 bridgehead atoms. The first kappa shape index (κ1) is 22.2. The number of halogens is 2. The molecule has 32 heavy (non-hydrogen) atoms. The van der Waals surface area contributed by atoms with Gasteiger partial charge in [-0.2, -0.15) is 0 Å². The van der Waals surface area contributed by atoms with E-state index in [1.54, 1.807) is 37.3 Å². The molecule has 0 amide bonds. The van der Waals surface area contributed by atoms with Gasteiger partial charge in [-0.05, 0) is 43.3 Å². The molecule has 1 aromatic heterocycles. The minimum absolute atomic E-state index is 0.0117. The van der Waals surface area contributed by atoms with Gasteiger partial charge in [0.05, 0.1) is 5.75 Å². The third-order valence-electron chi connectivity index (χ3n) is 4.68. The first-order valence-electron chi connectivity index (χ1n) is 9.86. The highest BCUT2D eigenvalue weighted by molar-refractivity contribution is 9.10. The van der Waals surface area contributed by atoms with Gasteiger partial charge in [-0.1, -0.05) is 70.2 Å². The van der Waals surface area contributed by atoms with Crippen molar-refractivity contribution in [2.24, 2.45) is 0 Å². The van der Waals surface area contributed by atoms with Crippen LogP contribution in [0.5, 0.6) is 5.75 Å². The van der Waals surface area contributed by atoms with E-state index in [1.165, 1.54) is 17.8 Å². The Morgan fingerprint density at radius 1 is 1.03 bits per heavy atom. The van der Waals surface area contributed by atoms with Crippen LogP contribution in [0.2, 0.25) is 0 Å². The number of carbonyl (C=O) groups excluding carboxylic acids is 1. The average molecular weight is 512 g/mol. The average Bonchev–Trinajstić information content (AvgIpc) is 3.24. The maximum atomic E-state index is 14.1. The number of nitrogens with zero attached hydrogens (tertiary/aromatic N) is 3. The molecule has 4 rings (SSSR count). The Morgan fingerprint density at radius 2 is 1.72 bits per heavy atom. The van der Waals surface area contributed by atoms with E-state index in [-0.39, 0.29) is 17.3 Å². The zero-order valence-electron chi connectivity index (χ0n) is 17.1. The molecule has 3 aromatic carbocycles. The number of hydrogen-bond acceptors (Lipinski definition) is 5. The molecule has 162 valence electrons. The second kappa shape index (κ2) is 10.1. The topological polar surface area (TPSA) is 57.0 Å². The fraction of sp³-hybridized carbons (Fsp3) is 0.125. The van der Waals surface area contributed by atoms with Gasteiger partial charge in [0.15, 0.2) is 34.4 Å². The number of para-hydroxylation sites is 2. The summed E-state index contributed by atoms with van der Waals surface area (Å²) in [6, 6.07) is 23.0. The van der Waals surface area contributed by atoms with Crippen molar-refractivity contribution in [1.82, 2.24) is 14.8 Å². The summed E-state index contributed by atoms with van der Waals surface area (Å²) in [5, 5.41) is 9.16. The summed E-state index contributed by atoms with van der Waals surface area (Å²) in [7, 11) is 0. The third kappa shape index (κ3) is 5.08. The molecular weight excluding hydrogens is 493 g/mol. The number of thioether (sulfide) groups is 1. The van der Waals surface area contributed by atoms with Crippen LogP contribution < -0.4 is 4.74 Å². The quantitative estimate of drug-likeness (QED) is 0.205. The molecular formula is C24H19BrFN3O2S. The number of ketones is 1. The van der Waals surface area contributed by atoms with Crippen molar-refractivity contribution in [3.05, 3.63) is 101 Å². The van der Waals surface area contributed by atoms with Crippen LogP contribution in [0.25, 0.3) is 5.69 Å². The molecule has 5 nitrogen and oxygen atoms in total. The van der Waals surface area contributed by atoms with Crippen molar-refractivity contribution in [1.29, 1.82) is 0 Å². The van der Waals surface area contributed by atoms with Crippen LogP contribution >= 0.6 is 27.7 Å². The van der Waals surface area contributed by atoms with Gasteiger partial charge in [-0.15, -0.1) is 10.2 Å². The maximum Gasteiger partial charge on any atom is 0.196 e. The van der Waals surface area contributed by atoms with E-state index in [1.807, 2.05) is 47.0 Å². The van der Waals surface area contributed by atoms with Gasteiger partial charge in [0.1, 0.15) is 0 Å². The van der Waals surface area contributed by atoms with Crippen LogP contribution in [0, 0.1) is 5.82 Å². The number of rotatable bonds is 8. The van der Waals surface area contributed by atoms with E-state index in [0.717, 1.165) is 10.2 Å². The molecule has 4 aromatic rings. The van der Waals surface area contributed by atoms with Gasteiger partial charge in [0.2, 0.25) is 0 Å². The summed E-state index contributed by atoms with van der Waals surface area (Å²) in [4.78, 5) is 12.6. The molecule has 1 heterocycles. The highest BCUT2D eigenvalue weighted by Crippen LogP contribution is 2.29. The Balaban J connectivity index is 1.60. The monoisotopic (exact) mass is 511 g/mol. The predicted molar refractivity (Wildman–Crippen MR) is 126 cm³/mol. The molecule has 0 saturated carbocycles. The Hall–Kier alpha value is -2.97. The number of aromatic nitrogens is 3. The van der Waals surface area contributed by atoms with Crippen LogP contribution in [0.3, 0.4) is 0 Å². The van der Waals surface area contributed by atoms with Crippen molar-refractivity contribution in [2.75, 3.05) is 5.75 Å². The molecule has 0 spiro atoms. The molecule has 0 N–H and O–H groups in total. The van der Waals surface area contributed by atoms with E-state index in [2.05, 4.69) is 26.1 Å². The minimum Gasteiger partial charge on any atom is -0.480 e.